The summed E-state index contributed by atoms with van der Waals surface area (Å²) in [5, 5.41) is 9.62. The van der Waals surface area contributed by atoms with E-state index in [1.165, 1.54) is 27.2 Å². The highest BCUT2D eigenvalue weighted by molar-refractivity contribution is 8.08. The molecule has 1 nitrogen and oxygen atoms in total. The lowest BCUT2D eigenvalue weighted by Crippen LogP contribution is -2.23. The lowest BCUT2D eigenvalue weighted by molar-refractivity contribution is 0.605. The van der Waals surface area contributed by atoms with E-state index in [-0.39, 0.29) is 11.8 Å². The summed E-state index contributed by atoms with van der Waals surface area (Å²) in [4.78, 5) is 1.43. The topological polar surface area (TPSA) is 23.8 Å². The van der Waals surface area contributed by atoms with E-state index in [9.17, 15) is 5.26 Å². The average Bonchev–Trinajstić information content (AvgIpc) is 2.61. The molecule has 4 rings (SSSR count). The number of nitrogens with zero attached hydrogens (tertiary/aromatic N) is 1. The summed E-state index contributed by atoms with van der Waals surface area (Å²) in [5.74, 6) is 1.23. The standard InChI is InChI=1S/C20H17NS/c21-12-16-13-22-20-17-9-5-4-6-14(17)10-11-18(20)19(16)15-7-2-1-3-8-15/h1-9,16,19H,10-11,13H2. The van der Waals surface area contributed by atoms with Crippen molar-refractivity contribution < 1.29 is 0 Å². The molecular formula is C20H17NS. The van der Waals surface area contributed by atoms with Gasteiger partial charge in [-0.25, -0.2) is 0 Å². The molecule has 2 aromatic carbocycles. The predicted octanol–water partition coefficient (Wildman–Crippen LogP) is 5.01. The van der Waals surface area contributed by atoms with Gasteiger partial charge in [-0.2, -0.15) is 5.26 Å². The molecule has 22 heavy (non-hydrogen) atoms. The van der Waals surface area contributed by atoms with Gasteiger partial charge in [0.15, 0.2) is 0 Å². The van der Waals surface area contributed by atoms with Crippen LogP contribution in [0.25, 0.3) is 4.91 Å². The van der Waals surface area contributed by atoms with E-state index in [0.717, 1.165) is 18.6 Å². The van der Waals surface area contributed by atoms with Crippen molar-refractivity contribution in [2.24, 2.45) is 5.92 Å². The summed E-state index contributed by atoms with van der Waals surface area (Å²) < 4.78 is 0. The molecule has 0 aromatic heterocycles. The van der Waals surface area contributed by atoms with Crippen LogP contribution in [0.1, 0.15) is 29.0 Å². The van der Waals surface area contributed by atoms with Crippen LogP contribution >= 0.6 is 11.8 Å². The number of allylic oxidation sites excluding steroid dienone is 1. The Morgan fingerprint density at radius 1 is 0.955 bits per heavy atom. The second-order valence-electron chi connectivity index (χ2n) is 5.95. The number of rotatable bonds is 1. The molecule has 2 atom stereocenters. The Labute approximate surface area is 135 Å². The van der Waals surface area contributed by atoms with Crippen LogP contribution in [0.3, 0.4) is 0 Å². The molecular weight excluding hydrogens is 286 g/mol. The van der Waals surface area contributed by atoms with Gasteiger partial charge in [0.25, 0.3) is 0 Å². The first-order valence-corrected chi connectivity index (χ1v) is 8.75. The molecule has 1 aliphatic carbocycles. The van der Waals surface area contributed by atoms with Crippen molar-refractivity contribution in [3.05, 3.63) is 76.9 Å². The fourth-order valence-corrected chi connectivity index (χ4v) is 5.08. The summed E-state index contributed by atoms with van der Waals surface area (Å²) >= 11 is 1.88. The number of hydrogen-bond acceptors (Lipinski definition) is 2. The third-order valence-corrected chi connectivity index (χ3v) is 6.02. The van der Waals surface area contributed by atoms with Crippen LogP contribution in [0, 0.1) is 17.2 Å². The molecule has 2 heteroatoms. The lowest BCUT2D eigenvalue weighted by atomic mass is 9.76. The van der Waals surface area contributed by atoms with Gasteiger partial charge in [0, 0.05) is 16.6 Å². The number of hydrogen-bond donors (Lipinski definition) is 0. The molecule has 2 aromatic rings. The SMILES string of the molecule is N#CC1CSC2=C(CCc3ccccc32)C1c1ccccc1. The summed E-state index contributed by atoms with van der Waals surface area (Å²) in [6.07, 6.45) is 2.17. The molecule has 1 aliphatic heterocycles. The number of nitriles is 1. The third-order valence-electron chi connectivity index (χ3n) is 4.73. The second-order valence-corrected chi connectivity index (χ2v) is 6.98. The first kappa shape index (κ1) is 13.7. The molecule has 0 amide bonds. The first-order valence-electron chi connectivity index (χ1n) is 7.77. The van der Waals surface area contributed by atoms with Crippen LogP contribution < -0.4 is 0 Å². The fourth-order valence-electron chi connectivity index (χ4n) is 3.70. The zero-order valence-corrected chi connectivity index (χ0v) is 13.1. The zero-order valence-electron chi connectivity index (χ0n) is 12.3. The highest BCUT2D eigenvalue weighted by Gasteiger charge is 2.35. The molecule has 0 saturated heterocycles. The minimum absolute atomic E-state index is 0.0800. The Hall–Kier alpha value is -1.98. The Bertz CT molecular complexity index is 770. The van der Waals surface area contributed by atoms with Crippen molar-refractivity contribution >= 4 is 16.7 Å². The van der Waals surface area contributed by atoms with Gasteiger partial charge in [0.1, 0.15) is 0 Å². The monoisotopic (exact) mass is 303 g/mol. The maximum Gasteiger partial charge on any atom is 0.0674 e. The number of thioether (sulfide) groups is 1. The molecule has 0 saturated carbocycles. The fraction of sp³-hybridized carbons (Fsp3) is 0.250. The van der Waals surface area contributed by atoms with Crippen molar-refractivity contribution in [1.82, 2.24) is 0 Å². The highest BCUT2D eigenvalue weighted by atomic mass is 32.2. The molecule has 0 bridgehead atoms. The van der Waals surface area contributed by atoms with Crippen molar-refractivity contribution in [1.29, 1.82) is 5.26 Å². The van der Waals surface area contributed by atoms with Gasteiger partial charge in [-0.15, -0.1) is 11.8 Å². The Kier molecular flexibility index (Phi) is 3.52. The van der Waals surface area contributed by atoms with Gasteiger partial charge < -0.3 is 0 Å². The molecule has 0 fully saturated rings. The molecule has 0 N–H and O–H groups in total. The predicted molar refractivity (Wildman–Crippen MR) is 92.4 cm³/mol. The van der Waals surface area contributed by atoms with Gasteiger partial charge in [-0.1, -0.05) is 54.6 Å². The second kappa shape index (κ2) is 5.66. The van der Waals surface area contributed by atoms with Crippen molar-refractivity contribution in [3.8, 4) is 6.07 Å². The maximum absolute atomic E-state index is 9.62. The Balaban J connectivity index is 1.87. The zero-order chi connectivity index (χ0) is 14.9. The summed E-state index contributed by atoms with van der Waals surface area (Å²) in [6, 6.07) is 21.9. The number of fused-ring (bicyclic) bond motifs is 2. The van der Waals surface area contributed by atoms with E-state index in [2.05, 4.69) is 54.6 Å². The van der Waals surface area contributed by atoms with Crippen LogP contribution in [0.4, 0.5) is 0 Å². The molecule has 0 spiro atoms. The number of aryl methyl sites for hydroxylation is 1. The van der Waals surface area contributed by atoms with Crippen LogP contribution in [0.5, 0.6) is 0 Å². The lowest BCUT2D eigenvalue weighted by Gasteiger charge is -2.35. The minimum Gasteiger partial charge on any atom is -0.198 e. The van der Waals surface area contributed by atoms with E-state index >= 15 is 0 Å². The van der Waals surface area contributed by atoms with Crippen LogP contribution in [0.15, 0.2) is 60.2 Å². The molecule has 108 valence electrons. The van der Waals surface area contributed by atoms with Crippen LogP contribution in [-0.2, 0) is 6.42 Å². The number of benzene rings is 2. The summed E-state index contributed by atoms with van der Waals surface area (Å²) in [7, 11) is 0. The first-order chi connectivity index (χ1) is 10.9. The van der Waals surface area contributed by atoms with Gasteiger partial charge in [0.05, 0.1) is 12.0 Å². The molecule has 2 unspecified atom stereocenters. The summed E-state index contributed by atoms with van der Waals surface area (Å²) in [5.41, 5.74) is 5.62. The van der Waals surface area contributed by atoms with E-state index in [0.29, 0.717) is 0 Å². The van der Waals surface area contributed by atoms with Gasteiger partial charge in [0.2, 0.25) is 0 Å². The van der Waals surface area contributed by atoms with E-state index in [1.807, 2.05) is 17.8 Å². The van der Waals surface area contributed by atoms with E-state index in [4.69, 9.17) is 0 Å². The molecule has 1 heterocycles. The van der Waals surface area contributed by atoms with Crippen LogP contribution in [-0.4, -0.2) is 5.75 Å². The third kappa shape index (κ3) is 2.17. The van der Waals surface area contributed by atoms with E-state index in [1.54, 1.807) is 0 Å². The Morgan fingerprint density at radius 3 is 2.55 bits per heavy atom. The van der Waals surface area contributed by atoms with Crippen molar-refractivity contribution in [3.63, 3.8) is 0 Å². The van der Waals surface area contributed by atoms with Gasteiger partial charge in [-0.3, -0.25) is 0 Å². The maximum atomic E-state index is 9.62. The normalized spacial score (nSPS) is 23.4. The van der Waals surface area contributed by atoms with Gasteiger partial charge >= 0.3 is 0 Å². The highest BCUT2D eigenvalue weighted by Crippen LogP contribution is 2.51. The van der Waals surface area contributed by atoms with E-state index < -0.39 is 0 Å². The van der Waals surface area contributed by atoms with Crippen molar-refractivity contribution in [2.75, 3.05) is 5.75 Å². The smallest absolute Gasteiger partial charge is 0.0674 e. The molecule has 2 aliphatic rings. The largest absolute Gasteiger partial charge is 0.198 e. The van der Waals surface area contributed by atoms with Crippen LogP contribution in [0.2, 0.25) is 0 Å². The van der Waals surface area contributed by atoms with Crippen molar-refractivity contribution in [2.45, 2.75) is 18.8 Å². The average molecular weight is 303 g/mol. The minimum atomic E-state index is 0.0800. The molecule has 0 radical (unpaired) electrons. The Morgan fingerprint density at radius 2 is 1.73 bits per heavy atom. The van der Waals surface area contributed by atoms with Gasteiger partial charge in [-0.05, 0) is 35.1 Å². The quantitative estimate of drug-likeness (QED) is 0.739. The summed E-state index contributed by atoms with van der Waals surface area (Å²) in [6.45, 7) is 0.